The first kappa shape index (κ1) is 18.2. The van der Waals surface area contributed by atoms with Gasteiger partial charge in [-0.25, -0.2) is 0 Å². The van der Waals surface area contributed by atoms with E-state index >= 15 is 0 Å². The first-order valence-corrected chi connectivity index (χ1v) is 10.4. The first-order chi connectivity index (χ1) is 12.4. The molecule has 0 atom stereocenters. The Kier molecular flexibility index (Phi) is 7.15. The fourth-order valence-electron chi connectivity index (χ4n) is 4.00. The fourth-order valence-corrected chi connectivity index (χ4v) is 4.00. The minimum absolute atomic E-state index is 0.772. The monoisotopic (exact) mass is 333 g/mol. The average molecular weight is 334 g/mol. The predicted octanol–water partition coefficient (Wildman–Crippen LogP) is 7.73. The van der Waals surface area contributed by atoms with Crippen molar-refractivity contribution >= 4 is 0 Å². The van der Waals surface area contributed by atoms with Gasteiger partial charge in [0.25, 0.3) is 0 Å². The third-order valence-corrected chi connectivity index (χ3v) is 5.68. The largest absolute Gasteiger partial charge is 0.0654 e. The van der Waals surface area contributed by atoms with Gasteiger partial charge in [-0.15, -0.1) is 0 Å². The SMILES string of the molecule is CCCCCCCc1ccc(-c2ccc(C3CC[CH]CC3)cc2)cc1. The van der Waals surface area contributed by atoms with Crippen LogP contribution in [0.4, 0.5) is 0 Å². The summed E-state index contributed by atoms with van der Waals surface area (Å²) in [5, 5.41) is 0. The second-order valence-electron chi connectivity index (χ2n) is 7.62. The average Bonchev–Trinajstić information content (AvgIpc) is 2.69. The summed E-state index contributed by atoms with van der Waals surface area (Å²) in [6, 6.07) is 18.6. The molecular formula is C25H33. The highest BCUT2D eigenvalue weighted by Gasteiger charge is 2.15. The first-order valence-electron chi connectivity index (χ1n) is 10.4. The summed E-state index contributed by atoms with van der Waals surface area (Å²) >= 11 is 0. The van der Waals surface area contributed by atoms with Crippen LogP contribution in [0.1, 0.15) is 81.8 Å². The molecule has 25 heavy (non-hydrogen) atoms. The van der Waals surface area contributed by atoms with Gasteiger partial charge < -0.3 is 0 Å². The lowest BCUT2D eigenvalue weighted by atomic mass is 9.83. The van der Waals surface area contributed by atoms with Crippen LogP contribution in [0, 0.1) is 6.42 Å². The van der Waals surface area contributed by atoms with E-state index in [9.17, 15) is 0 Å². The van der Waals surface area contributed by atoms with Crippen LogP contribution in [0.3, 0.4) is 0 Å². The molecule has 2 aromatic carbocycles. The molecule has 0 amide bonds. The molecule has 133 valence electrons. The molecule has 2 aromatic rings. The Balaban J connectivity index is 1.54. The van der Waals surface area contributed by atoms with Gasteiger partial charge in [0, 0.05) is 0 Å². The molecule has 0 N–H and O–H groups in total. The predicted molar refractivity (Wildman–Crippen MR) is 110 cm³/mol. The maximum absolute atomic E-state index is 2.44. The lowest BCUT2D eigenvalue weighted by molar-refractivity contribution is 0.512. The summed E-state index contributed by atoms with van der Waals surface area (Å²) in [6.07, 6.45) is 15.7. The van der Waals surface area contributed by atoms with Crippen molar-refractivity contribution in [2.24, 2.45) is 0 Å². The van der Waals surface area contributed by atoms with Gasteiger partial charge in [-0.2, -0.15) is 0 Å². The third kappa shape index (κ3) is 5.46. The molecule has 1 aliphatic rings. The molecule has 3 rings (SSSR count). The van der Waals surface area contributed by atoms with Gasteiger partial charge in [0.15, 0.2) is 0 Å². The zero-order valence-electron chi connectivity index (χ0n) is 15.8. The Labute approximate surface area is 154 Å². The molecule has 0 nitrogen and oxygen atoms in total. The fraction of sp³-hybridized carbons (Fsp3) is 0.480. The van der Waals surface area contributed by atoms with Gasteiger partial charge >= 0.3 is 0 Å². The summed E-state index contributed by atoms with van der Waals surface area (Å²) in [4.78, 5) is 0. The number of hydrogen-bond acceptors (Lipinski definition) is 0. The minimum atomic E-state index is 0.772. The molecule has 1 aliphatic carbocycles. The van der Waals surface area contributed by atoms with Gasteiger partial charge in [0.05, 0.1) is 0 Å². The van der Waals surface area contributed by atoms with Gasteiger partial charge in [-0.3, -0.25) is 0 Å². The van der Waals surface area contributed by atoms with Crippen molar-refractivity contribution in [3.8, 4) is 11.1 Å². The maximum Gasteiger partial charge on any atom is -0.0162 e. The van der Waals surface area contributed by atoms with Crippen molar-refractivity contribution in [1.82, 2.24) is 0 Å². The zero-order chi connectivity index (χ0) is 17.3. The van der Waals surface area contributed by atoms with Crippen LogP contribution in [0.15, 0.2) is 48.5 Å². The van der Waals surface area contributed by atoms with E-state index in [2.05, 4.69) is 61.9 Å². The van der Waals surface area contributed by atoms with E-state index in [4.69, 9.17) is 0 Å². The van der Waals surface area contributed by atoms with Crippen LogP contribution >= 0.6 is 0 Å². The van der Waals surface area contributed by atoms with E-state index in [0.717, 1.165) is 5.92 Å². The van der Waals surface area contributed by atoms with Crippen molar-refractivity contribution in [3.63, 3.8) is 0 Å². The van der Waals surface area contributed by atoms with Crippen LogP contribution in [0.5, 0.6) is 0 Å². The number of benzene rings is 2. The molecule has 1 fully saturated rings. The van der Waals surface area contributed by atoms with Crippen molar-refractivity contribution in [2.45, 2.75) is 77.0 Å². The van der Waals surface area contributed by atoms with Crippen LogP contribution in [0.2, 0.25) is 0 Å². The number of hydrogen-bond donors (Lipinski definition) is 0. The lowest BCUT2D eigenvalue weighted by Crippen LogP contribution is -2.04. The summed E-state index contributed by atoms with van der Waals surface area (Å²) in [7, 11) is 0. The smallest absolute Gasteiger partial charge is 0.0162 e. The number of aryl methyl sites for hydroxylation is 1. The molecule has 0 aromatic heterocycles. The topological polar surface area (TPSA) is 0 Å². The number of rotatable bonds is 8. The summed E-state index contributed by atoms with van der Waals surface area (Å²) in [5.74, 6) is 0.772. The zero-order valence-corrected chi connectivity index (χ0v) is 15.8. The van der Waals surface area contributed by atoms with Crippen molar-refractivity contribution < 1.29 is 0 Å². The number of unbranched alkanes of at least 4 members (excludes halogenated alkanes) is 4. The van der Waals surface area contributed by atoms with Gasteiger partial charge in [0.1, 0.15) is 0 Å². The van der Waals surface area contributed by atoms with E-state index < -0.39 is 0 Å². The molecule has 0 spiro atoms. The van der Waals surface area contributed by atoms with Crippen molar-refractivity contribution in [2.75, 3.05) is 0 Å². The Hall–Kier alpha value is -1.56. The highest BCUT2D eigenvalue weighted by Crippen LogP contribution is 2.33. The minimum Gasteiger partial charge on any atom is -0.0654 e. The highest BCUT2D eigenvalue weighted by atomic mass is 14.2. The third-order valence-electron chi connectivity index (χ3n) is 5.68. The van der Waals surface area contributed by atoms with Crippen molar-refractivity contribution in [3.05, 3.63) is 66.1 Å². The second-order valence-corrected chi connectivity index (χ2v) is 7.62. The molecule has 0 aliphatic heterocycles. The second kappa shape index (κ2) is 9.80. The molecule has 0 saturated heterocycles. The Morgan fingerprint density at radius 2 is 1.32 bits per heavy atom. The molecule has 1 radical (unpaired) electrons. The van der Waals surface area contributed by atoms with Gasteiger partial charge in [0.2, 0.25) is 0 Å². The summed E-state index contributed by atoms with van der Waals surface area (Å²) in [6.45, 7) is 2.28. The van der Waals surface area contributed by atoms with Crippen LogP contribution in [-0.2, 0) is 6.42 Å². The van der Waals surface area contributed by atoms with Gasteiger partial charge in [-0.1, -0.05) is 81.1 Å². The van der Waals surface area contributed by atoms with Crippen LogP contribution in [0.25, 0.3) is 11.1 Å². The summed E-state index contributed by atoms with van der Waals surface area (Å²) < 4.78 is 0. The van der Waals surface area contributed by atoms with Crippen LogP contribution in [-0.4, -0.2) is 0 Å². The normalized spacial score (nSPS) is 15.4. The Morgan fingerprint density at radius 1 is 0.720 bits per heavy atom. The maximum atomic E-state index is 2.44. The Morgan fingerprint density at radius 3 is 1.96 bits per heavy atom. The molecule has 1 saturated carbocycles. The van der Waals surface area contributed by atoms with Crippen molar-refractivity contribution in [1.29, 1.82) is 0 Å². The molecular weight excluding hydrogens is 300 g/mol. The molecule has 0 bridgehead atoms. The Bertz CT molecular complexity index is 599. The molecule has 0 heterocycles. The standard InChI is InChI=1S/C25H33/c1-2-3-4-5-7-10-21-13-15-23(16-14-21)25-19-17-24(18-20-25)22-11-8-6-9-12-22/h6,13-20,22H,2-5,7-12H2,1H3. The van der Waals surface area contributed by atoms with E-state index in [0.29, 0.717) is 0 Å². The van der Waals surface area contributed by atoms with Gasteiger partial charge in [-0.05, 0) is 73.1 Å². The lowest BCUT2D eigenvalue weighted by Gasteiger charge is -2.22. The quantitative estimate of drug-likeness (QED) is 0.433. The highest BCUT2D eigenvalue weighted by molar-refractivity contribution is 5.64. The molecule has 0 heteroatoms. The van der Waals surface area contributed by atoms with E-state index in [1.807, 2.05) is 0 Å². The van der Waals surface area contributed by atoms with Crippen LogP contribution < -0.4 is 0 Å². The summed E-state index contributed by atoms with van der Waals surface area (Å²) in [5.41, 5.74) is 5.70. The van der Waals surface area contributed by atoms with E-state index in [-0.39, 0.29) is 0 Å². The molecule has 0 unspecified atom stereocenters. The van der Waals surface area contributed by atoms with E-state index in [1.165, 1.54) is 86.5 Å². The van der Waals surface area contributed by atoms with E-state index in [1.54, 1.807) is 0 Å².